The van der Waals surface area contributed by atoms with Gasteiger partial charge in [0.15, 0.2) is 15.7 Å². The van der Waals surface area contributed by atoms with E-state index in [1.165, 1.54) is 6.08 Å². The molecule has 1 atom stereocenters. The second-order valence-electron chi connectivity index (χ2n) is 4.06. The number of anilines is 1. The minimum atomic E-state index is -3.36. The van der Waals surface area contributed by atoms with Crippen LogP contribution in [0.3, 0.4) is 0 Å². The van der Waals surface area contributed by atoms with Crippen LogP contribution in [0.4, 0.5) is 14.5 Å². The van der Waals surface area contributed by atoms with E-state index < -0.39 is 39.0 Å². The molecule has 1 aliphatic rings. The summed E-state index contributed by atoms with van der Waals surface area (Å²) in [6.07, 6.45) is 1.25. The lowest BCUT2D eigenvalue weighted by atomic mass is 10.1. The summed E-state index contributed by atoms with van der Waals surface area (Å²) in [4.78, 5) is 11.7. The Kier molecular flexibility index (Phi) is 3.27. The highest BCUT2D eigenvalue weighted by Gasteiger charge is 2.26. The van der Waals surface area contributed by atoms with Gasteiger partial charge in [0.25, 0.3) is 5.91 Å². The molecule has 1 aromatic carbocycles. The Morgan fingerprint density at radius 2 is 2.05 bits per heavy atom. The van der Waals surface area contributed by atoms with Gasteiger partial charge in [-0.25, -0.2) is 17.2 Å². The van der Waals surface area contributed by atoms with Crippen LogP contribution in [0.2, 0.25) is 0 Å². The molecule has 0 bridgehead atoms. The summed E-state index contributed by atoms with van der Waals surface area (Å²) in [6, 6.07) is 1.06. The molecular formula is C11H10F2N2O3S. The van der Waals surface area contributed by atoms with Gasteiger partial charge in [0, 0.05) is 5.41 Å². The highest BCUT2D eigenvalue weighted by atomic mass is 32.2. The number of nitrogens with one attached hydrogen (secondary N) is 1. The maximum Gasteiger partial charge on any atom is 0.257 e. The van der Waals surface area contributed by atoms with E-state index in [4.69, 9.17) is 5.73 Å². The first-order chi connectivity index (χ1) is 8.80. The molecule has 0 saturated carbocycles. The number of hydrogen-bond acceptors (Lipinski definition) is 4. The maximum atomic E-state index is 13.6. The Morgan fingerprint density at radius 1 is 1.37 bits per heavy atom. The monoisotopic (exact) mass is 288 g/mol. The zero-order chi connectivity index (χ0) is 14.2. The van der Waals surface area contributed by atoms with Crippen molar-refractivity contribution in [1.82, 2.24) is 5.32 Å². The van der Waals surface area contributed by atoms with E-state index in [0.717, 1.165) is 17.5 Å². The van der Waals surface area contributed by atoms with Gasteiger partial charge in [0.2, 0.25) is 0 Å². The summed E-state index contributed by atoms with van der Waals surface area (Å²) < 4.78 is 49.3. The number of nitrogens with two attached hydrogens (primary N) is 1. The minimum absolute atomic E-state index is 0.329. The summed E-state index contributed by atoms with van der Waals surface area (Å²) in [5.41, 5.74) is 4.07. The minimum Gasteiger partial charge on any atom is -0.396 e. The lowest BCUT2D eigenvalue weighted by Gasteiger charge is -2.11. The Hall–Kier alpha value is -1.96. The van der Waals surface area contributed by atoms with Crippen molar-refractivity contribution in [2.75, 3.05) is 11.5 Å². The van der Waals surface area contributed by atoms with Crippen LogP contribution in [0.1, 0.15) is 10.4 Å². The number of nitrogen functional groups attached to an aromatic ring is 1. The fourth-order valence-corrected chi connectivity index (χ4v) is 2.92. The van der Waals surface area contributed by atoms with E-state index in [1.807, 2.05) is 0 Å². The van der Waals surface area contributed by atoms with Crippen LogP contribution in [-0.2, 0) is 9.84 Å². The van der Waals surface area contributed by atoms with E-state index in [9.17, 15) is 22.0 Å². The fraction of sp³-hybridized carbons (Fsp3) is 0.182. The zero-order valence-corrected chi connectivity index (χ0v) is 10.4. The molecule has 0 radical (unpaired) electrons. The van der Waals surface area contributed by atoms with Gasteiger partial charge >= 0.3 is 0 Å². The maximum absolute atomic E-state index is 13.6. The predicted molar refractivity (Wildman–Crippen MR) is 65.0 cm³/mol. The molecule has 102 valence electrons. The third kappa shape index (κ3) is 2.73. The van der Waals surface area contributed by atoms with E-state index in [2.05, 4.69) is 5.32 Å². The van der Waals surface area contributed by atoms with Gasteiger partial charge in [-0.15, -0.1) is 0 Å². The normalized spacial score (nSPS) is 20.4. The van der Waals surface area contributed by atoms with Crippen LogP contribution >= 0.6 is 0 Å². The third-order valence-electron chi connectivity index (χ3n) is 2.59. The van der Waals surface area contributed by atoms with Crippen molar-refractivity contribution in [2.24, 2.45) is 0 Å². The average Bonchev–Trinajstić information content (AvgIpc) is 2.64. The van der Waals surface area contributed by atoms with Gasteiger partial charge in [-0.05, 0) is 18.2 Å². The lowest BCUT2D eigenvalue weighted by Crippen LogP contribution is -2.36. The quantitative estimate of drug-likeness (QED) is 0.779. The molecule has 0 aliphatic carbocycles. The number of hydrogen-bond donors (Lipinski definition) is 2. The van der Waals surface area contributed by atoms with Crippen molar-refractivity contribution < 1.29 is 22.0 Å². The molecule has 5 nitrogen and oxygen atoms in total. The number of sulfone groups is 1. The average molecular weight is 288 g/mol. The summed E-state index contributed by atoms with van der Waals surface area (Å²) in [5, 5.41) is 3.17. The van der Waals surface area contributed by atoms with Crippen LogP contribution < -0.4 is 11.1 Å². The van der Waals surface area contributed by atoms with E-state index in [-0.39, 0.29) is 11.4 Å². The lowest BCUT2D eigenvalue weighted by molar-refractivity contribution is 0.0939. The predicted octanol–water partition coefficient (Wildman–Crippen LogP) is 0.588. The van der Waals surface area contributed by atoms with E-state index >= 15 is 0 Å². The van der Waals surface area contributed by atoms with Crippen molar-refractivity contribution in [1.29, 1.82) is 0 Å². The Morgan fingerprint density at radius 3 is 2.63 bits per heavy atom. The molecule has 1 unspecified atom stereocenters. The molecule has 1 amide bonds. The van der Waals surface area contributed by atoms with Crippen LogP contribution in [0.25, 0.3) is 0 Å². The molecule has 1 aromatic rings. The second-order valence-corrected chi connectivity index (χ2v) is 5.99. The number of carbonyl (C=O) groups is 1. The summed E-state index contributed by atoms with van der Waals surface area (Å²) in [7, 11) is -3.36. The summed E-state index contributed by atoms with van der Waals surface area (Å²) in [5.74, 6) is -3.60. The summed E-state index contributed by atoms with van der Waals surface area (Å²) >= 11 is 0. The topological polar surface area (TPSA) is 89.3 Å². The third-order valence-corrected chi connectivity index (χ3v) is 3.99. The first kappa shape index (κ1) is 13.5. The zero-order valence-electron chi connectivity index (χ0n) is 9.56. The molecule has 0 fully saturated rings. The SMILES string of the molecule is Nc1ccc(F)c(C(=O)NC2C=CS(=O)(=O)C2)c1F. The number of amides is 1. The van der Waals surface area contributed by atoms with E-state index in [0.29, 0.717) is 0 Å². The molecule has 0 aromatic heterocycles. The molecule has 19 heavy (non-hydrogen) atoms. The molecule has 0 spiro atoms. The van der Waals surface area contributed by atoms with Crippen molar-refractivity contribution in [3.05, 3.63) is 40.8 Å². The van der Waals surface area contributed by atoms with Gasteiger partial charge in [-0.3, -0.25) is 4.79 Å². The largest absolute Gasteiger partial charge is 0.396 e. The highest BCUT2D eigenvalue weighted by Crippen LogP contribution is 2.19. The Bertz CT molecular complexity index is 671. The number of carbonyl (C=O) groups excluding carboxylic acids is 1. The highest BCUT2D eigenvalue weighted by molar-refractivity contribution is 7.94. The molecule has 1 heterocycles. The molecular weight excluding hydrogens is 278 g/mol. The van der Waals surface area contributed by atoms with Crippen LogP contribution in [0.5, 0.6) is 0 Å². The number of halogens is 2. The summed E-state index contributed by atoms with van der Waals surface area (Å²) in [6.45, 7) is 0. The Labute approximate surface area is 108 Å². The first-order valence-corrected chi connectivity index (χ1v) is 6.97. The smallest absolute Gasteiger partial charge is 0.257 e. The molecule has 0 saturated heterocycles. The Balaban J connectivity index is 2.23. The van der Waals surface area contributed by atoms with Crippen LogP contribution in [0.15, 0.2) is 23.6 Å². The standard InChI is InChI=1S/C11H10F2N2O3S/c12-7-1-2-8(14)10(13)9(7)11(16)15-6-3-4-19(17,18)5-6/h1-4,6H,5,14H2,(H,15,16). The first-order valence-electron chi connectivity index (χ1n) is 5.25. The van der Waals surface area contributed by atoms with E-state index in [1.54, 1.807) is 0 Å². The molecule has 1 aliphatic heterocycles. The van der Waals surface area contributed by atoms with Crippen molar-refractivity contribution in [3.63, 3.8) is 0 Å². The van der Waals surface area contributed by atoms with Gasteiger partial charge in [-0.2, -0.15) is 0 Å². The van der Waals surface area contributed by atoms with Crippen LogP contribution in [-0.4, -0.2) is 26.1 Å². The number of rotatable bonds is 2. The molecule has 3 N–H and O–H groups in total. The molecule has 8 heteroatoms. The fourth-order valence-electron chi connectivity index (χ4n) is 1.68. The van der Waals surface area contributed by atoms with Gasteiger partial charge in [0.1, 0.15) is 11.4 Å². The van der Waals surface area contributed by atoms with Crippen molar-refractivity contribution in [2.45, 2.75) is 6.04 Å². The van der Waals surface area contributed by atoms with Gasteiger partial charge < -0.3 is 11.1 Å². The molecule has 2 rings (SSSR count). The second kappa shape index (κ2) is 4.61. The van der Waals surface area contributed by atoms with Crippen molar-refractivity contribution >= 4 is 21.4 Å². The van der Waals surface area contributed by atoms with Crippen LogP contribution in [0, 0.1) is 11.6 Å². The van der Waals surface area contributed by atoms with Gasteiger partial charge in [0.05, 0.1) is 17.5 Å². The van der Waals surface area contributed by atoms with Gasteiger partial charge in [-0.1, -0.05) is 0 Å². The number of benzene rings is 1. The van der Waals surface area contributed by atoms with Crippen molar-refractivity contribution in [3.8, 4) is 0 Å².